The molecule has 1 aliphatic heterocycles. The Bertz CT molecular complexity index is 537. The third-order valence-electron chi connectivity index (χ3n) is 6.87. The Morgan fingerprint density at radius 2 is 2.09 bits per heavy atom. The van der Waals surface area contributed by atoms with Gasteiger partial charge < -0.3 is 15.7 Å². The number of aliphatic hydroxyl groups excluding tert-OH is 1. The molecule has 3 N–H and O–H groups in total. The summed E-state index contributed by atoms with van der Waals surface area (Å²) in [6.07, 6.45) is 6.02. The SMILES string of the molecule is CC1CC2CC(O)CC([C@H](N)C(=O)N3[C@H](C#N)CC4C[C@@H]43)(C1)C2. The maximum absolute atomic E-state index is 13.1. The first-order valence-corrected chi connectivity index (χ1v) is 9.09. The van der Waals surface area contributed by atoms with E-state index in [0.717, 1.165) is 38.5 Å². The first kappa shape index (κ1) is 15.4. The first-order valence-electron chi connectivity index (χ1n) is 9.09. The Morgan fingerprint density at radius 1 is 1.30 bits per heavy atom. The Hall–Kier alpha value is -1.12. The zero-order valence-corrected chi connectivity index (χ0v) is 13.8. The van der Waals surface area contributed by atoms with Gasteiger partial charge in [-0.05, 0) is 68.1 Å². The van der Waals surface area contributed by atoms with Crippen LogP contribution >= 0.6 is 0 Å². The number of nitrogens with zero attached hydrogens (tertiary/aromatic N) is 2. The number of fused-ring (bicyclic) bond motifs is 3. The molecular formula is C18H27N3O2. The highest BCUT2D eigenvalue weighted by atomic mass is 16.3. The summed E-state index contributed by atoms with van der Waals surface area (Å²) in [5, 5.41) is 19.6. The van der Waals surface area contributed by atoms with Gasteiger partial charge in [-0.15, -0.1) is 0 Å². The third kappa shape index (κ3) is 2.38. The van der Waals surface area contributed by atoms with Crippen molar-refractivity contribution in [3.63, 3.8) is 0 Å². The Balaban J connectivity index is 1.58. The molecule has 0 aromatic heterocycles. The molecule has 4 aliphatic rings. The summed E-state index contributed by atoms with van der Waals surface area (Å²) in [4.78, 5) is 14.9. The van der Waals surface area contributed by atoms with Gasteiger partial charge in [0, 0.05) is 6.04 Å². The number of hydrogen-bond acceptors (Lipinski definition) is 4. The van der Waals surface area contributed by atoms with E-state index in [2.05, 4.69) is 13.0 Å². The fourth-order valence-corrected chi connectivity index (χ4v) is 6.06. The molecule has 23 heavy (non-hydrogen) atoms. The highest BCUT2D eigenvalue weighted by molar-refractivity contribution is 5.84. The van der Waals surface area contributed by atoms with E-state index in [-0.39, 0.29) is 29.5 Å². The Labute approximate surface area is 137 Å². The minimum Gasteiger partial charge on any atom is -0.393 e. The molecule has 1 heterocycles. The van der Waals surface area contributed by atoms with Crippen LogP contribution < -0.4 is 5.73 Å². The molecular weight excluding hydrogens is 290 g/mol. The number of piperidine rings is 1. The van der Waals surface area contributed by atoms with E-state index in [1.54, 1.807) is 4.90 Å². The van der Waals surface area contributed by atoms with E-state index in [9.17, 15) is 15.2 Å². The number of carbonyl (C=O) groups is 1. The number of rotatable bonds is 2. The largest absolute Gasteiger partial charge is 0.393 e. The Kier molecular flexibility index (Phi) is 3.48. The van der Waals surface area contributed by atoms with E-state index in [4.69, 9.17) is 5.73 Å². The lowest BCUT2D eigenvalue weighted by molar-refractivity contribution is -0.141. The van der Waals surface area contributed by atoms with Crippen LogP contribution in [0.1, 0.15) is 51.9 Å². The van der Waals surface area contributed by atoms with Crippen molar-refractivity contribution in [3.8, 4) is 6.07 Å². The van der Waals surface area contributed by atoms with Crippen molar-refractivity contribution in [2.75, 3.05) is 0 Å². The van der Waals surface area contributed by atoms with Gasteiger partial charge in [-0.25, -0.2) is 0 Å². The minimum atomic E-state index is -0.571. The molecule has 1 amide bonds. The van der Waals surface area contributed by atoms with Crippen LogP contribution in [-0.2, 0) is 4.79 Å². The van der Waals surface area contributed by atoms with Crippen LogP contribution in [0.25, 0.3) is 0 Å². The molecule has 4 rings (SSSR count). The molecule has 3 saturated carbocycles. The number of likely N-dealkylation sites (tertiary alicyclic amines) is 1. The summed E-state index contributed by atoms with van der Waals surface area (Å²) >= 11 is 0. The number of nitriles is 1. The number of nitrogens with two attached hydrogens (primary N) is 1. The van der Waals surface area contributed by atoms with Gasteiger partial charge in [0.05, 0.1) is 18.2 Å². The number of amides is 1. The van der Waals surface area contributed by atoms with E-state index < -0.39 is 6.04 Å². The second-order valence-corrected chi connectivity index (χ2v) is 8.74. The second-order valence-electron chi connectivity index (χ2n) is 8.74. The fourth-order valence-electron chi connectivity index (χ4n) is 6.06. The van der Waals surface area contributed by atoms with Gasteiger partial charge >= 0.3 is 0 Å². The zero-order chi connectivity index (χ0) is 16.4. The highest BCUT2D eigenvalue weighted by Crippen LogP contribution is 2.54. The van der Waals surface area contributed by atoms with Gasteiger partial charge in [-0.2, -0.15) is 5.26 Å². The van der Waals surface area contributed by atoms with Crippen LogP contribution in [0.2, 0.25) is 0 Å². The molecule has 2 bridgehead atoms. The molecule has 4 fully saturated rings. The summed E-state index contributed by atoms with van der Waals surface area (Å²) in [6.45, 7) is 2.24. The standard InChI is InChI=1S/C18H27N3O2/c1-10-2-11-3-14(22)8-18(6-10,7-11)16(20)17(23)21-13(9-19)4-12-5-15(12)21/h10-16,22H,2-8,20H2,1H3/t10?,11?,12?,13-,14?,15-,16+,18?/m0/s1. The molecule has 0 aromatic rings. The van der Waals surface area contributed by atoms with Gasteiger partial charge in [-0.3, -0.25) is 4.79 Å². The smallest absolute Gasteiger partial charge is 0.241 e. The average molecular weight is 317 g/mol. The molecule has 5 nitrogen and oxygen atoms in total. The minimum absolute atomic E-state index is 0.0384. The van der Waals surface area contributed by atoms with E-state index >= 15 is 0 Å². The van der Waals surface area contributed by atoms with Crippen molar-refractivity contribution in [1.82, 2.24) is 4.90 Å². The van der Waals surface area contributed by atoms with Crippen molar-refractivity contribution < 1.29 is 9.90 Å². The highest BCUT2D eigenvalue weighted by Gasteiger charge is 2.58. The van der Waals surface area contributed by atoms with Gasteiger partial charge in [-0.1, -0.05) is 6.92 Å². The zero-order valence-electron chi connectivity index (χ0n) is 13.8. The first-order chi connectivity index (χ1) is 10.9. The van der Waals surface area contributed by atoms with Gasteiger partial charge in [0.2, 0.25) is 5.91 Å². The van der Waals surface area contributed by atoms with E-state index in [1.807, 2.05) is 0 Å². The summed E-state index contributed by atoms with van der Waals surface area (Å²) in [5.41, 5.74) is 6.25. The van der Waals surface area contributed by atoms with Crippen LogP contribution in [0.5, 0.6) is 0 Å². The summed E-state index contributed by atoms with van der Waals surface area (Å²) in [7, 11) is 0. The number of hydrogen-bond donors (Lipinski definition) is 2. The second kappa shape index (κ2) is 5.19. The lowest BCUT2D eigenvalue weighted by atomic mass is 9.55. The van der Waals surface area contributed by atoms with Crippen molar-refractivity contribution >= 4 is 5.91 Å². The molecule has 8 atom stereocenters. The van der Waals surface area contributed by atoms with Gasteiger partial charge in [0.15, 0.2) is 0 Å². The monoisotopic (exact) mass is 317 g/mol. The predicted molar refractivity (Wildman–Crippen MR) is 84.9 cm³/mol. The summed E-state index contributed by atoms with van der Waals surface area (Å²) in [5.74, 6) is 1.52. The van der Waals surface area contributed by atoms with Crippen LogP contribution in [0.3, 0.4) is 0 Å². The quantitative estimate of drug-likeness (QED) is 0.805. The number of aliphatic hydroxyl groups is 1. The summed E-state index contributed by atoms with van der Waals surface area (Å²) in [6, 6.07) is 1.67. The lowest BCUT2D eigenvalue weighted by Crippen LogP contribution is -2.59. The maximum Gasteiger partial charge on any atom is 0.241 e. The van der Waals surface area contributed by atoms with E-state index in [0.29, 0.717) is 24.2 Å². The normalized spacial score (nSPS) is 49.2. The topological polar surface area (TPSA) is 90.3 Å². The van der Waals surface area contributed by atoms with Gasteiger partial charge in [0.1, 0.15) is 6.04 Å². The Morgan fingerprint density at radius 3 is 2.83 bits per heavy atom. The van der Waals surface area contributed by atoms with Crippen molar-refractivity contribution in [3.05, 3.63) is 0 Å². The van der Waals surface area contributed by atoms with Crippen molar-refractivity contribution in [2.24, 2.45) is 28.9 Å². The van der Waals surface area contributed by atoms with Crippen LogP contribution in [0, 0.1) is 34.5 Å². The molecule has 0 radical (unpaired) electrons. The average Bonchev–Trinajstić information content (AvgIpc) is 3.14. The molecule has 1 saturated heterocycles. The van der Waals surface area contributed by atoms with Crippen LogP contribution in [0.15, 0.2) is 0 Å². The van der Waals surface area contributed by atoms with Gasteiger partial charge in [0.25, 0.3) is 0 Å². The predicted octanol–water partition coefficient (Wildman–Crippen LogP) is 1.40. The molecule has 0 spiro atoms. The number of carbonyl (C=O) groups excluding carboxylic acids is 1. The van der Waals surface area contributed by atoms with Crippen molar-refractivity contribution in [2.45, 2.75) is 76.1 Å². The molecule has 5 unspecified atom stereocenters. The lowest BCUT2D eigenvalue weighted by Gasteiger charge is -2.52. The van der Waals surface area contributed by atoms with Crippen LogP contribution in [-0.4, -0.2) is 40.1 Å². The van der Waals surface area contributed by atoms with E-state index in [1.165, 1.54) is 0 Å². The maximum atomic E-state index is 13.1. The third-order valence-corrected chi connectivity index (χ3v) is 6.87. The molecule has 3 aliphatic carbocycles. The van der Waals surface area contributed by atoms with Crippen molar-refractivity contribution in [1.29, 1.82) is 5.26 Å². The summed E-state index contributed by atoms with van der Waals surface area (Å²) < 4.78 is 0. The molecule has 126 valence electrons. The molecule has 0 aromatic carbocycles. The fraction of sp³-hybridized carbons (Fsp3) is 0.889. The molecule has 5 heteroatoms. The van der Waals surface area contributed by atoms with Crippen LogP contribution in [0.4, 0.5) is 0 Å².